The molecule has 0 radical (unpaired) electrons. The van der Waals surface area contributed by atoms with Crippen molar-refractivity contribution < 1.29 is 19.4 Å². The number of aromatic nitrogens is 2. The van der Waals surface area contributed by atoms with Crippen molar-refractivity contribution in [1.82, 2.24) is 9.78 Å². The first-order valence-electron chi connectivity index (χ1n) is 6.90. The molecule has 0 fully saturated rings. The van der Waals surface area contributed by atoms with Gasteiger partial charge in [0.2, 0.25) is 5.91 Å². The van der Waals surface area contributed by atoms with E-state index in [1.807, 2.05) is 18.2 Å². The second-order valence-electron chi connectivity index (χ2n) is 5.06. The molecule has 1 aromatic heterocycles. The number of amides is 1. The van der Waals surface area contributed by atoms with Crippen LogP contribution < -0.4 is 10.1 Å². The molecule has 0 atom stereocenters. The lowest BCUT2D eigenvalue weighted by atomic mass is 10.1. The summed E-state index contributed by atoms with van der Waals surface area (Å²) in [6.45, 7) is 0.451. The molecule has 114 valence electrons. The van der Waals surface area contributed by atoms with E-state index in [9.17, 15) is 9.59 Å². The van der Waals surface area contributed by atoms with E-state index in [0.29, 0.717) is 12.4 Å². The zero-order valence-corrected chi connectivity index (χ0v) is 11.8. The van der Waals surface area contributed by atoms with Gasteiger partial charge in [-0.1, -0.05) is 12.1 Å². The highest BCUT2D eigenvalue weighted by atomic mass is 16.5. The van der Waals surface area contributed by atoms with Crippen molar-refractivity contribution >= 4 is 17.7 Å². The molecular formula is C15H15N3O4. The van der Waals surface area contributed by atoms with Crippen LogP contribution in [0.15, 0.2) is 30.5 Å². The fourth-order valence-corrected chi connectivity index (χ4v) is 2.38. The number of fused-ring (bicyclic) bond motifs is 1. The van der Waals surface area contributed by atoms with Gasteiger partial charge in [0.15, 0.2) is 5.82 Å². The largest absolute Gasteiger partial charge is 0.493 e. The van der Waals surface area contributed by atoms with Gasteiger partial charge in [0.1, 0.15) is 12.3 Å². The molecule has 0 bridgehead atoms. The molecule has 2 aromatic rings. The van der Waals surface area contributed by atoms with Gasteiger partial charge in [0.25, 0.3) is 0 Å². The number of nitrogens with zero attached hydrogens (tertiary/aromatic N) is 2. The molecule has 22 heavy (non-hydrogen) atoms. The lowest BCUT2D eigenvalue weighted by Gasteiger charge is -2.04. The minimum atomic E-state index is -0.985. The molecule has 0 unspecified atom stereocenters. The summed E-state index contributed by atoms with van der Waals surface area (Å²) in [5, 5.41) is 15.3. The number of aliphatic carboxylic acids is 1. The monoisotopic (exact) mass is 301 g/mol. The number of hydrogen-bond donors (Lipinski definition) is 2. The number of rotatable bonds is 5. The first-order chi connectivity index (χ1) is 10.6. The van der Waals surface area contributed by atoms with Crippen LogP contribution in [0.25, 0.3) is 0 Å². The normalized spacial score (nSPS) is 12.5. The van der Waals surface area contributed by atoms with Crippen molar-refractivity contribution in [1.29, 1.82) is 0 Å². The van der Waals surface area contributed by atoms with Crippen LogP contribution in [0.4, 0.5) is 5.82 Å². The van der Waals surface area contributed by atoms with Crippen LogP contribution in [-0.2, 0) is 29.0 Å². The van der Waals surface area contributed by atoms with Gasteiger partial charge in [-0.25, -0.2) is 0 Å². The van der Waals surface area contributed by atoms with Crippen molar-refractivity contribution in [2.45, 2.75) is 19.4 Å². The zero-order valence-electron chi connectivity index (χ0n) is 11.8. The van der Waals surface area contributed by atoms with Crippen LogP contribution in [0.1, 0.15) is 11.1 Å². The molecule has 1 amide bonds. The molecule has 1 aliphatic rings. The standard InChI is InChI=1S/C15H15N3O4/c19-14(16-13-3-5-18(17-13)9-15(20)21)8-10-1-2-12-11(7-10)4-6-22-12/h1-3,5,7H,4,6,8-9H2,(H,20,21)(H,16,17,19). The Bertz CT molecular complexity index is 723. The van der Waals surface area contributed by atoms with Crippen LogP contribution in [0.2, 0.25) is 0 Å². The average Bonchev–Trinajstić information content (AvgIpc) is 3.06. The number of benzene rings is 1. The van der Waals surface area contributed by atoms with E-state index in [4.69, 9.17) is 9.84 Å². The number of carbonyl (C=O) groups is 2. The highest BCUT2D eigenvalue weighted by Gasteiger charge is 2.14. The molecular weight excluding hydrogens is 286 g/mol. The Balaban J connectivity index is 1.60. The van der Waals surface area contributed by atoms with Gasteiger partial charge >= 0.3 is 5.97 Å². The lowest BCUT2D eigenvalue weighted by Crippen LogP contribution is -2.16. The van der Waals surface area contributed by atoms with E-state index >= 15 is 0 Å². The summed E-state index contributed by atoms with van der Waals surface area (Å²) in [7, 11) is 0. The van der Waals surface area contributed by atoms with Crippen molar-refractivity contribution in [3.05, 3.63) is 41.6 Å². The van der Waals surface area contributed by atoms with Crippen molar-refractivity contribution in [3.8, 4) is 5.75 Å². The van der Waals surface area contributed by atoms with E-state index in [0.717, 1.165) is 23.3 Å². The van der Waals surface area contributed by atoms with Crippen LogP contribution in [-0.4, -0.2) is 33.4 Å². The number of anilines is 1. The maximum absolute atomic E-state index is 12.0. The number of nitrogens with one attached hydrogen (secondary N) is 1. The van der Waals surface area contributed by atoms with E-state index in [1.54, 1.807) is 6.07 Å². The minimum Gasteiger partial charge on any atom is -0.493 e. The predicted octanol–water partition coefficient (Wildman–Crippen LogP) is 1.08. The molecule has 1 aromatic carbocycles. The van der Waals surface area contributed by atoms with E-state index in [1.165, 1.54) is 10.9 Å². The molecule has 0 saturated heterocycles. The number of carboxylic acid groups (broad SMARTS) is 1. The number of carboxylic acids is 1. The van der Waals surface area contributed by atoms with Gasteiger partial charge in [-0.2, -0.15) is 5.10 Å². The van der Waals surface area contributed by atoms with Crippen molar-refractivity contribution in [2.24, 2.45) is 0 Å². The first kappa shape index (κ1) is 14.1. The Hall–Kier alpha value is -2.83. The molecule has 2 N–H and O–H groups in total. The van der Waals surface area contributed by atoms with E-state index in [-0.39, 0.29) is 18.9 Å². The Labute approximate surface area is 126 Å². The van der Waals surface area contributed by atoms with Crippen LogP contribution in [0, 0.1) is 0 Å². The van der Waals surface area contributed by atoms with Gasteiger partial charge in [-0.05, 0) is 17.2 Å². The summed E-state index contributed by atoms with van der Waals surface area (Å²) in [5.74, 6) is 0.0492. The quantitative estimate of drug-likeness (QED) is 0.862. The van der Waals surface area contributed by atoms with Crippen molar-refractivity contribution in [3.63, 3.8) is 0 Å². The number of carbonyl (C=O) groups excluding carboxylic acids is 1. The summed E-state index contributed by atoms with van der Waals surface area (Å²) in [6, 6.07) is 7.29. The molecule has 3 rings (SSSR count). The highest BCUT2D eigenvalue weighted by Crippen LogP contribution is 2.26. The highest BCUT2D eigenvalue weighted by molar-refractivity contribution is 5.91. The summed E-state index contributed by atoms with van der Waals surface area (Å²) in [4.78, 5) is 22.6. The fraction of sp³-hybridized carbons (Fsp3) is 0.267. The Morgan fingerprint density at radius 1 is 1.36 bits per heavy atom. The molecule has 1 aliphatic heterocycles. The summed E-state index contributed by atoms with van der Waals surface area (Å²) >= 11 is 0. The van der Waals surface area contributed by atoms with Crippen LogP contribution in [0.3, 0.4) is 0 Å². The average molecular weight is 301 g/mol. The molecule has 0 saturated carbocycles. The van der Waals surface area contributed by atoms with Gasteiger partial charge < -0.3 is 15.2 Å². The van der Waals surface area contributed by atoms with Gasteiger partial charge in [-0.15, -0.1) is 0 Å². The third-order valence-electron chi connectivity index (χ3n) is 3.32. The maximum Gasteiger partial charge on any atom is 0.325 e. The lowest BCUT2D eigenvalue weighted by molar-refractivity contribution is -0.137. The van der Waals surface area contributed by atoms with Crippen LogP contribution >= 0.6 is 0 Å². The summed E-state index contributed by atoms with van der Waals surface area (Å²) < 4.78 is 6.68. The third-order valence-corrected chi connectivity index (χ3v) is 3.32. The van der Waals surface area contributed by atoms with Gasteiger partial charge in [0.05, 0.1) is 13.0 Å². The second kappa shape index (κ2) is 5.88. The zero-order chi connectivity index (χ0) is 15.5. The fourth-order valence-electron chi connectivity index (χ4n) is 2.38. The number of ether oxygens (including phenoxy) is 1. The third kappa shape index (κ3) is 3.25. The molecule has 7 heteroatoms. The molecule has 2 heterocycles. The molecule has 7 nitrogen and oxygen atoms in total. The van der Waals surface area contributed by atoms with E-state index in [2.05, 4.69) is 10.4 Å². The predicted molar refractivity (Wildman–Crippen MR) is 77.8 cm³/mol. The van der Waals surface area contributed by atoms with Gasteiger partial charge in [-0.3, -0.25) is 14.3 Å². The van der Waals surface area contributed by atoms with Gasteiger partial charge in [0, 0.05) is 18.7 Å². The first-order valence-corrected chi connectivity index (χ1v) is 6.90. The summed E-state index contributed by atoms with van der Waals surface area (Å²) in [5.41, 5.74) is 2.03. The summed E-state index contributed by atoms with van der Waals surface area (Å²) in [6.07, 6.45) is 2.61. The topological polar surface area (TPSA) is 93.5 Å². The Kier molecular flexibility index (Phi) is 3.78. The Morgan fingerprint density at radius 3 is 3.05 bits per heavy atom. The smallest absolute Gasteiger partial charge is 0.325 e. The SMILES string of the molecule is O=C(O)Cn1ccc(NC(=O)Cc2ccc3c(c2)CCO3)n1. The number of hydrogen-bond acceptors (Lipinski definition) is 4. The Morgan fingerprint density at radius 2 is 2.23 bits per heavy atom. The van der Waals surface area contributed by atoms with Crippen molar-refractivity contribution in [2.75, 3.05) is 11.9 Å². The molecule has 0 spiro atoms. The van der Waals surface area contributed by atoms with Crippen LogP contribution in [0.5, 0.6) is 5.75 Å². The molecule has 0 aliphatic carbocycles. The second-order valence-corrected chi connectivity index (χ2v) is 5.06. The maximum atomic E-state index is 12.0. The minimum absolute atomic E-state index is 0.195. The van der Waals surface area contributed by atoms with E-state index < -0.39 is 5.97 Å².